The van der Waals surface area contributed by atoms with Crippen molar-refractivity contribution in [3.63, 3.8) is 0 Å². The molecule has 16 nitrogen and oxygen atoms in total. The van der Waals surface area contributed by atoms with Crippen molar-refractivity contribution >= 4 is 44.0 Å². The number of ether oxygens (including phenoxy) is 3. The molecule has 0 unspecified atom stereocenters. The van der Waals surface area contributed by atoms with Crippen molar-refractivity contribution in [2.24, 2.45) is 16.7 Å². The lowest BCUT2D eigenvalue weighted by Gasteiger charge is -2.56. The number of anilines is 2. The Morgan fingerprint density at radius 3 is 2.48 bits per heavy atom. The molecule has 71 heavy (non-hydrogen) atoms. The van der Waals surface area contributed by atoms with Gasteiger partial charge in [-0.3, -0.25) is 19.8 Å². The molecule has 2 saturated carbocycles. The van der Waals surface area contributed by atoms with Crippen LogP contribution in [0.15, 0.2) is 77.8 Å². The van der Waals surface area contributed by atoms with Crippen LogP contribution in [0.1, 0.15) is 132 Å². The number of piperidine rings is 1. The van der Waals surface area contributed by atoms with Gasteiger partial charge in [0.15, 0.2) is 17.2 Å². The Morgan fingerprint density at radius 1 is 0.986 bits per heavy atom. The van der Waals surface area contributed by atoms with E-state index in [1.54, 1.807) is 37.4 Å². The Bertz CT molecular complexity index is 2910. The van der Waals surface area contributed by atoms with Crippen molar-refractivity contribution in [1.29, 1.82) is 0 Å². The maximum atomic E-state index is 14.4. The molecule has 0 bridgehead atoms. The average Bonchev–Trinajstić information content (AvgIpc) is 4.02. The molecule has 2 aliphatic carbocycles. The van der Waals surface area contributed by atoms with E-state index in [0.717, 1.165) is 69.9 Å². The summed E-state index contributed by atoms with van der Waals surface area (Å²) in [6, 6.07) is 20.6. The molecular weight excluding hydrogens is 923 g/mol. The number of H-pyrrole nitrogens is 1. The number of nitro benzene ring substituents is 1. The predicted octanol–water partition coefficient (Wildman–Crippen LogP) is 10.2. The van der Waals surface area contributed by atoms with Gasteiger partial charge in [-0.05, 0) is 136 Å². The Labute approximate surface area is 416 Å². The lowest BCUT2D eigenvalue weighted by molar-refractivity contribution is -0.384. The molecule has 2 aromatic heterocycles. The predicted molar refractivity (Wildman–Crippen MR) is 272 cm³/mol. The van der Waals surface area contributed by atoms with Crippen molar-refractivity contribution in [3.8, 4) is 23.1 Å². The number of carbonyl (C=O) groups excluding carboxylic acids is 1. The number of carbonyl (C=O) groups is 1. The lowest BCUT2D eigenvalue weighted by atomic mass is 9.59. The number of sulfonamides is 1. The summed E-state index contributed by atoms with van der Waals surface area (Å²) in [6.07, 6.45) is 11.6. The third-order valence-corrected chi connectivity index (χ3v) is 17.4. The molecule has 5 heterocycles. The number of hydrogen-bond donors (Lipinski definition) is 4. The number of hydrogen-bond acceptors (Lipinski definition) is 13. The summed E-state index contributed by atoms with van der Waals surface area (Å²) in [7, 11) is -4.71. The molecule has 378 valence electrons. The molecule has 10 rings (SSSR count). The number of nitrogens with zero attached hydrogens (tertiary/aromatic N) is 4. The van der Waals surface area contributed by atoms with Crippen molar-refractivity contribution in [2.45, 2.75) is 134 Å². The van der Waals surface area contributed by atoms with Crippen LogP contribution in [0.3, 0.4) is 0 Å². The fourth-order valence-corrected chi connectivity index (χ4v) is 13.0. The van der Waals surface area contributed by atoms with E-state index in [1.165, 1.54) is 48.9 Å². The average molecular weight is 990 g/mol. The first-order valence-corrected chi connectivity index (χ1v) is 26.9. The number of aromatic nitrogens is 2. The number of pyridine rings is 1. The van der Waals surface area contributed by atoms with Gasteiger partial charge in [-0.1, -0.05) is 52.0 Å². The van der Waals surface area contributed by atoms with Crippen LogP contribution in [-0.2, 0) is 10.0 Å². The van der Waals surface area contributed by atoms with Crippen LogP contribution >= 0.6 is 0 Å². The molecule has 5 aliphatic rings. The van der Waals surface area contributed by atoms with E-state index < -0.39 is 37.5 Å². The Kier molecular flexibility index (Phi) is 13.2. The van der Waals surface area contributed by atoms with E-state index >= 15 is 0 Å². The molecule has 5 aromatic rings. The number of likely N-dealkylation sites (tertiary alicyclic amines) is 1. The number of aliphatic hydroxyl groups excluding tert-OH is 1. The van der Waals surface area contributed by atoms with Gasteiger partial charge in [0, 0.05) is 60.6 Å². The maximum Gasteiger partial charge on any atom is 0.297 e. The molecule has 3 aromatic carbocycles. The van der Waals surface area contributed by atoms with E-state index in [2.05, 4.69) is 81.8 Å². The number of amides is 1. The minimum atomic E-state index is -4.71. The fraction of sp³-hybridized carbons (Fsp3) is 0.519. The largest absolute Gasteiger partial charge is 0.489 e. The van der Waals surface area contributed by atoms with Crippen molar-refractivity contribution in [1.82, 2.24) is 19.6 Å². The van der Waals surface area contributed by atoms with Crippen molar-refractivity contribution < 1.29 is 37.5 Å². The number of rotatable bonds is 14. The number of benzene rings is 3. The molecular formula is C54H67N7O9S. The third kappa shape index (κ3) is 10.0. The summed E-state index contributed by atoms with van der Waals surface area (Å²) in [4.78, 5) is 38.4. The molecule has 1 amide bonds. The summed E-state index contributed by atoms with van der Waals surface area (Å²) in [5.41, 5.74) is 4.29. The summed E-state index contributed by atoms with van der Waals surface area (Å²) in [5.74, 6) is -0.0164. The van der Waals surface area contributed by atoms with Gasteiger partial charge in [0.1, 0.15) is 24.6 Å². The second kappa shape index (κ2) is 19.3. The van der Waals surface area contributed by atoms with Crippen LogP contribution in [0.25, 0.3) is 11.0 Å². The molecule has 2 saturated heterocycles. The second-order valence-electron chi connectivity index (χ2n) is 21.9. The Hall–Kier alpha value is -5.91. The topological polar surface area (TPSA) is 201 Å². The van der Waals surface area contributed by atoms with E-state index in [-0.39, 0.29) is 70.4 Å². The van der Waals surface area contributed by atoms with Crippen LogP contribution < -0.4 is 29.1 Å². The smallest absolute Gasteiger partial charge is 0.297 e. The van der Waals surface area contributed by atoms with Crippen LogP contribution in [0.4, 0.5) is 17.1 Å². The monoisotopic (exact) mass is 989 g/mol. The summed E-state index contributed by atoms with van der Waals surface area (Å²) >= 11 is 0. The zero-order valence-electron chi connectivity index (χ0n) is 41.4. The van der Waals surface area contributed by atoms with Gasteiger partial charge >= 0.3 is 0 Å². The molecule has 4 N–H and O–H groups in total. The number of aliphatic hydroxyl groups is 1. The van der Waals surface area contributed by atoms with Crippen LogP contribution in [0.2, 0.25) is 0 Å². The molecule has 0 radical (unpaired) electrons. The van der Waals surface area contributed by atoms with E-state index in [9.17, 15) is 28.4 Å². The summed E-state index contributed by atoms with van der Waals surface area (Å²) in [6.45, 7) is 13.5. The fourth-order valence-electron chi connectivity index (χ4n) is 12.0. The quantitative estimate of drug-likeness (QED) is 0.0605. The van der Waals surface area contributed by atoms with E-state index in [4.69, 9.17) is 14.2 Å². The third-order valence-electron chi connectivity index (χ3n) is 16.1. The second-order valence-corrected chi connectivity index (χ2v) is 23.6. The van der Waals surface area contributed by atoms with Crippen LogP contribution in [0.5, 0.6) is 23.1 Å². The van der Waals surface area contributed by atoms with Crippen molar-refractivity contribution in [3.05, 3.63) is 99.7 Å². The van der Waals surface area contributed by atoms with Crippen LogP contribution in [-0.4, -0.2) is 90.3 Å². The molecule has 3 atom stereocenters. The van der Waals surface area contributed by atoms with Crippen molar-refractivity contribution in [2.75, 3.05) is 43.1 Å². The SMILES string of the molecule is CC(C)c1ccccc1[C@@H]1CCCN1C1CC2(CCN(c3ccc(C(=O)NS(=O)(=O)c4cc5c(c([N+](=O)[O-])c4)N[C@@H](C4CCC(C)(C)CC4)CO5)c(Oc4cc5cc[nH]c5nc4OC[C@H](C)O)c3)CC2)C1. The van der Waals surface area contributed by atoms with Gasteiger partial charge in [-0.2, -0.15) is 4.98 Å². The van der Waals surface area contributed by atoms with Crippen LogP contribution in [0, 0.1) is 26.9 Å². The Morgan fingerprint density at radius 2 is 1.75 bits per heavy atom. The highest BCUT2D eigenvalue weighted by Gasteiger charge is 2.50. The van der Waals surface area contributed by atoms with Gasteiger partial charge < -0.3 is 34.5 Å². The summed E-state index contributed by atoms with van der Waals surface area (Å²) in [5, 5.41) is 26.6. The zero-order valence-corrected chi connectivity index (χ0v) is 42.2. The van der Waals surface area contributed by atoms with Gasteiger partial charge in [0.05, 0.1) is 27.5 Å². The first kappa shape index (κ1) is 48.7. The highest BCUT2D eigenvalue weighted by Crippen LogP contribution is 2.55. The number of aromatic amines is 1. The summed E-state index contributed by atoms with van der Waals surface area (Å²) < 4.78 is 49.0. The molecule has 1 spiro atoms. The number of fused-ring (bicyclic) bond motifs is 2. The van der Waals surface area contributed by atoms with Gasteiger partial charge in [0.25, 0.3) is 27.5 Å². The molecule has 3 aliphatic heterocycles. The Balaban J connectivity index is 0.891. The van der Waals surface area contributed by atoms with E-state index in [1.807, 2.05) is 0 Å². The highest BCUT2D eigenvalue weighted by atomic mass is 32.2. The zero-order chi connectivity index (χ0) is 49.8. The number of nitrogens with one attached hydrogen (secondary N) is 3. The lowest BCUT2D eigenvalue weighted by Crippen LogP contribution is -2.54. The number of nitro groups is 1. The highest BCUT2D eigenvalue weighted by molar-refractivity contribution is 7.90. The van der Waals surface area contributed by atoms with Gasteiger partial charge in [-0.15, -0.1) is 0 Å². The minimum Gasteiger partial charge on any atom is -0.489 e. The molecule has 4 fully saturated rings. The van der Waals surface area contributed by atoms with E-state index in [0.29, 0.717) is 29.0 Å². The molecule has 17 heteroatoms. The first-order valence-electron chi connectivity index (χ1n) is 25.4. The standard InChI is InChI=1S/C54H67N7O9S/c1-33(2)40-9-6-7-10-41(40)44-11-8-22-60(44)38-29-54(30-38)19-23-59(24-20-54)37-12-13-42(46(26-37)70-48-25-36-16-21-55-50(36)57-52(48)69-31-34(3)62)51(63)58-71(66,67)39-27-45(61(64)65)49-47(28-39)68-32-43(56-49)35-14-17-53(4,5)18-15-35/h6-7,9-10,12-13,16,21,25-28,33-35,38,43-44,56,62H,8,11,14-15,17-20,22-24,29-32H2,1-5H3,(H,55,57)(H,58,63)/t34-,43+,44-/m0/s1. The van der Waals surface area contributed by atoms with Gasteiger partial charge in [-0.25, -0.2) is 13.1 Å². The van der Waals surface area contributed by atoms with Gasteiger partial charge in [0.2, 0.25) is 0 Å². The normalized spacial score (nSPS) is 21.8. The minimum absolute atomic E-state index is 0.0264. The maximum absolute atomic E-state index is 14.4. The first-order chi connectivity index (χ1) is 33.9.